The molecular formula is C19H25NO3S. The Kier molecular flexibility index (Phi) is 6.82. The van der Waals surface area contributed by atoms with Crippen molar-refractivity contribution < 1.29 is 14.6 Å². The summed E-state index contributed by atoms with van der Waals surface area (Å²) in [7, 11) is 0. The van der Waals surface area contributed by atoms with Crippen molar-refractivity contribution in [3.05, 3.63) is 52.2 Å². The van der Waals surface area contributed by atoms with Crippen LogP contribution in [0.5, 0.6) is 5.75 Å². The fraction of sp³-hybridized carbons (Fsp3) is 0.421. The van der Waals surface area contributed by atoms with Crippen molar-refractivity contribution in [1.82, 2.24) is 5.32 Å². The maximum atomic E-state index is 12.1. The van der Waals surface area contributed by atoms with Crippen LogP contribution in [0.2, 0.25) is 0 Å². The third-order valence-electron chi connectivity index (χ3n) is 3.64. The second-order valence-electron chi connectivity index (χ2n) is 6.18. The van der Waals surface area contributed by atoms with Crippen LogP contribution in [-0.4, -0.2) is 23.7 Å². The number of rotatable bonds is 8. The molecule has 0 aliphatic carbocycles. The number of thiophene rings is 1. The Morgan fingerprint density at radius 2 is 1.92 bits per heavy atom. The van der Waals surface area contributed by atoms with Crippen LogP contribution in [0.4, 0.5) is 0 Å². The number of aliphatic hydroxyl groups excluding tert-OH is 1. The van der Waals surface area contributed by atoms with Gasteiger partial charge in [0.05, 0.1) is 12.2 Å². The van der Waals surface area contributed by atoms with Crippen molar-refractivity contribution in [3.63, 3.8) is 0 Å². The maximum Gasteiger partial charge on any atom is 0.223 e. The molecule has 0 fully saturated rings. The number of hydrogen-bond acceptors (Lipinski definition) is 4. The van der Waals surface area contributed by atoms with Gasteiger partial charge in [-0.15, -0.1) is 11.3 Å². The predicted octanol–water partition coefficient (Wildman–Crippen LogP) is 3.56. The summed E-state index contributed by atoms with van der Waals surface area (Å²) < 4.78 is 5.58. The van der Waals surface area contributed by atoms with Gasteiger partial charge in [0.1, 0.15) is 5.75 Å². The van der Waals surface area contributed by atoms with E-state index in [-0.39, 0.29) is 24.5 Å². The van der Waals surface area contributed by atoms with Gasteiger partial charge in [0.2, 0.25) is 5.91 Å². The zero-order valence-corrected chi connectivity index (χ0v) is 15.2. The van der Waals surface area contributed by atoms with Crippen LogP contribution in [0.1, 0.15) is 37.3 Å². The van der Waals surface area contributed by atoms with Crippen LogP contribution in [0.15, 0.2) is 41.8 Å². The van der Waals surface area contributed by atoms with Crippen molar-refractivity contribution in [3.8, 4) is 5.75 Å². The molecule has 0 radical (unpaired) electrons. The molecule has 2 aromatic rings. The lowest BCUT2D eigenvalue weighted by Crippen LogP contribution is -2.33. The first-order valence-corrected chi connectivity index (χ1v) is 9.08. The molecule has 24 heavy (non-hydrogen) atoms. The summed E-state index contributed by atoms with van der Waals surface area (Å²) in [5, 5.41) is 15.1. The van der Waals surface area contributed by atoms with Crippen LogP contribution < -0.4 is 10.1 Å². The summed E-state index contributed by atoms with van der Waals surface area (Å²) in [6.07, 6.45) is 0.113. The molecule has 2 N–H and O–H groups in total. The molecule has 1 amide bonds. The third-order valence-corrected chi connectivity index (χ3v) is 4.54. The van der Waals surface area contributed by atoms with Gasteiger partial charge in [0.25, 0.3) is 0 Å². The summed E-state index contributed by atoms with van der Waals surface area (Å²) in [6, 6.07) is 11.3. The highest BCUT2D eigenvalue weighted by Crippen LogP contribution is 2.19. The monoisotopic (exact) mass is 347 g/mol. The van der Waals surface area contributed by atoms with Crippen molar-refractivity contribution in [2.24, 2.45) is 5.92 Å². The molecule has 2 rings (SSSR count). The first-order chi connectivity index (χ1) is 11.5. The van der Waals surface area contributed by atoms with Crippen LogP contribution in [0, 0.1) is 5.92 Å². The minimum absolute atomic E-state index is 0.0396. The highest BCUT2D eigenvalue weighted by Gasteiger charge is 2.16. The molecule has 0 aliphatic heterocycles. The summed E-state index contributed by atoms with van der Waals surface area (Å²) in [5.41, 5.74) is 0.761. The topological polar surface area (TPSA) is 58.6 Å². The van der Waals surface area contributed by atoms with Crippen molar-refractivity contribution in [2.75, 3.05) is 6.54 Å². The molecule has 1 heterocycles. The molecule has 2 unspecified atom stereocenters. The average molecular weight is 347 g/mol. The van der Waals surface area contributed by atoms with Crippen LogP contribution in [0.25, 0.3) is 0 Å². The van der Waals surface area contributed by atoms with Crippen molar-refractivity contribution >= 4 is 17.2 Å². The number of nitrogens with one attached hydrogen (secondary N) is 1. The van der Waals surface area contributed by atoms with Gasteiger partial charge in [0.15, 0.2) is 0 Å². The number of benzene rings is 1. The van der Waals surface area contributed by atoms with Crippen LogP contribution >= 0.6 is 11.3 Å². The Bertz CT molecular complexity index is 623. The zero-order chi connectivity index (χ0) is 17.5. The van der Waals surface area contributed by atoms with E-state index in [4.69, 9.17) is 4.74 Å². The van der Waals surface area contributed by atoms with Gasteiger partial charge in [0, 0.05) is 17.3 Å². The third kappa shape index (κ3) is 5.65. The zero-order valence-electron chi connectivity index (χ0n) is 14.4. The quantitative estimate of drug-likeness (QED) is 0.767. The van der Waals surface area contributed by atoms with E-state index >= 15 is 0 Å². The maximum absolute atomic E-state index is 12.1. The van der Waals surface area contributed by atoms with Crippen molar-refractivity contribution in [1.29, 1.82) is 0 Å². The number of amides is 1. The molecular weight excluding hydrogens is 322 g/mol. The average Bonchev–Trinajstić information content (AvgIpc) is 3.05. The predicted molar refractivity (Wildman–Crippen MR) is 97.4 cm³/mol. The molecule has 1 aromatic carbocycles. The normalized spacial score (nSPS) is 13.5. The first-order valence-electron chi connectivity index (χ1n) is 8.20. The standard InChI is InChI=1S/C19H25NO3S/c1-13(2)23-16-8-6-15(7-9-16)18(21)12-20-19(22)14(3)11-17-5-4-10-24-17/h4-10,13-14,18,21H,11-12H2,1-3H3,(H,20,22). The van der Waals surface area contributed by atoms with E-state index < -0.39 is 6.10 Å². The lowest BCUT2D eigenvalue weighted by molar-refractivity contribution is -0.124. The van der Waals surface area contributed by atoms with Gasteiger partial charge in [-0.1, -0.05) is 25.1 Å². The van der Waals surface area contributed by atoms with E-state index in [1.165, 1.54) is 4.88 Å². The summed E-state index contributed by atoms with van der Waals surface area (Å²) in [5.74, 6) is 0.620. The SMILES string of the molecule is CC(C)Oc1ccc(C(O)CNC(=O)C(C)Cc2cccs2)cc1. The lowest BCUT2D eigenvalue weighted by Gasteiger charge is -2.16. The minimum atomic E-state index is -0.726. The Morgan fingerprint density at radius 1 is 1.21 bits per heavy atom. The molecule has 2 atom stereocenters. The van der Waals surface area contributed by atoms with E-state index in [9.17, 15) is 9.90 Å². The lowest BCUT2D eigenvalue weighted by atomic mass is 10.1. The Morgan fingerprint density at radius 3 is 2.50 bits per heavy atom. The highest BCUT2D eigenvalue weighted by atomic mass is 32.1. The summed E-state index contributed by atoms with van der Waals surface area (Å²) >= 11 is 1.65. The number of hydrogen-bond donors (Lipinski definition) is 2. The molecule has 0 spiro atoms. The van der Waals surface area contributed by atoms with E-state index in [2.05, 4.69) is 5.32 Å². The minimum Gasteiger partial charge on any atom is -0.491 e. The van der Waals surface area contributed by atoms with E-state index in [1.54, 1.807) is 11.3 Å². The van der Waals surface area contributed by atoms with E-state index in [1.807, 2.05) is 62.5 Å². The molecule has 1 aromatic heterocycles. The fourth-order valence-electron chi connectivity index (χ4n) is 2.35. The highest BCUT2D eigenvalue weighted by molar-refractivity contribution is 7.09. The van der Waals surface area contributed by atoms with E-state index in [0.717, 1.165) is 17.7 Å². The van der Waals surface area contributed by atoms with Gasteiger partial charge in [-0.25, -0.2) is 0 Å². The fourth-order valence-corrected chi connectivity index (χ4v) is 3.19. The number of carbonyl (C=O) groups is 1. The largest absolute Gasteiger partial charge is 0.491 e. The smallest absolute Gasteiger partial charge is 0.223 e. The number of aliphatic hydroxyl groups is 1. The van der Waals surface area contributed by atoms with Crippen LogP contribution in [0.3, 0.4) is 0 Å². The molecule has 0 aliphatic rings. The van der Waals surface area contributed by atoms with Gasteiger partial charge in [-0.3, -0.25) is 4.79 Å². The Labute approximate surface area is 147 Å². The molecule has 4 nitrogen and oxygen atoms in total. The van der Waals surface area contributed by atoms with Gasteiger partial charge < -0.3 is 15.2 Å². The van der Waals surface area contributed by atoms with Gasteiger partial charge in [-0.05, 0) is 49.4 Å². The number of ether oxygens (including phenoxy) is 1. The van der Waals surface area contributed by atoms with Crippen LogP contribution in [-0.2, 0) is 11.2 Å². The van der Waals surface area contributed by atoms with Gasteiger partial charge in [-0.2, -0.15) is 0 Å². The van der Waals surface area contributed by atoms with Crippen molar-refractivity contribution in [2.45, 2.75) is 39.4 Å². The summed E-state index contributed by atoms with van der Waals surface area (Å²) in [6.45, 7) is 6.04. The summed E-state index contributed by atoms with van der Waals surface area (Å²) in [4.78, 5) is 13.3. The van der Waals surface area contributed by atoms with E-state index in [0.29, 0.717) is 0 Å². The van der Waals surface area contributed by atoms with Gasteiger partial charge >= 0.3 is 0 Å². The molecule has 0 saturated carbocycles. The molecule has 0 saturated heterocycles. The molecule has 0 bridgehead atoms. The first kappa shape index (κ1) is 18.5. The Balaban J connectivity index is 1.81. The number of carbonyl (C=O) groups excluding carboxylic acids is 1. The Hall–Kier alpha value is -1.85. The molecule has 130 valence electrons. The second-order valence-corrected chi connectivity index (χ2v) is 7.21. The molecule has 5 heteroatoms. The second kappa shape index (κ2) is 8.85.